The summed E-state index contributed by atoms with van der Waals surface area (Å²) in [7, 11) is 0. The molecule has 0 saturated carbocycles. The van der Waals surface area contributed by atoms with E-state index in [2.05, 4.69) is 20.3 Å². The van der Waals surface area contributed by atoms with Crippen molar-refractivity contribution in [3.05, 3.63) is 47.5 Å². The molecule has 184 valence electrons. The first kappa shape index (κ1) is 24.1. The van der Waals surface area contributed by atoms with Crippen LogP contribution in [0.4, 0.5) is 32.2 Å². The van der Waals surface area contributed by atoms with Crippen LogP contribution in [0.15, 0.2) is 30.9 Å². The molecular formula is C19H17F6N5O4. The van der Waals surface area contributed by atoms with Crippen molar-refractivity contribution in [3.63, 3.8) is 0 Å². The lowest BCUT2D eigenvalue weighted by atomic mass is 10.0. The van der Waals surface area contributed by atoms with E-state index < -0.39 is 61.2 Å². The van der Waals surface area contributed by atoms with Gasteiger partial charge in [-0.2, -0.15) is 26.3 Å². The third-order valence-electron chi connectivity index (χ3n) is 5.26. The van der Waals surface area contributed by atoms with E-state index in [4.69, 9.17) is 4.74 Å². The molecule has 1 aliphatic heterocycles. The lowest BCUT2D eigenvalue weighted by molar-refractivity contribution is -0.143. The van der Waals surface area contributed by atoms with E-state index in [0.717, 1.165) is 6.33 Å². The van der Waals surface area contributed by atoms with Gasteiger partial charge in [-0.3, -0.25) is 4.57 Å². The number of aliphatic hydroxyl groups excluding tert-OH is 3. The monoisotopic (exact) mass is 493 g/mol. The molecule has 0 spiro atoms. The minimum Gasteiger partial charge on any atom is -0.394 e. The Labute approximate surface area is 186 Å². The van der Waals surface area contributed by atoms with Crippen LogP contribution in [0, 0.1) is 0 Å². The van der Waals surface area contributed by atoms with E-state index in [9.17, 15) is 41.7 Å². The molecule has 2 aromatic heterocycles. The molecule has 1 aliphatic rings. The van der Waals surface area contributed by atoms with Gasteiger partial charge in [0.25, 0.3) is 0 Å². The van der Waals surface area contributed by atoms with E-state index in [1.54, 1.807) is 0 Å². The molecule has 0 bridgehead atoms. The number of aromatic nitrogens is 4. The largest absolute Gasteiger partial charge is 0.416 e. The average molecular weight is 493 g/mol. The second-order valence-corrected chi connectivity index (χ2v) is 7.54. The molecule has 0 amide bonds. The summed E-state index contributed by atoms with van der Waals surface area (Å²) in [5, 5.41) is 32.1. The number of anilines is 1. The third-order valence-corrected chi connectivity index (χ3v) is 5.26. The minimum absolute atomic E-state index is 0.00136. The van der Waals surface area contributed by atoms with E-state index in [0.29, 0.717) is 12.1 Å². The maximum atomic E-state index is 13.1. The summed E-state index contributed by atoms with van der Waals surface area (Å²) >= 11 is 0. The molecule has 15 heteroatoms. The summed E-state index contributed by atoms with van der Waals surface area (Å²) in [5.74, 6) is 0.00136. The predicted molar refractivity (Wildman–Crippen MR) is 102 cm³/mol. The van der Waals surface area contributed by atoms with Crippen LogP contribution in [0.5, 0.6) is 0 Å². The number of nitrogens with zero attached hydrogens (tertiary/aromatic N) is 4. The topological polar surface area (TPSA) is 126 Å². The zero-order valence-corrected chi connectivity index (χ0v) is 16.9. The Morgan fingerprint density at radius 2 is 1.59 bits per heavy atom. The zero-order valence-electron chi connectivity index (χ0n) is 16.9. The number of imidazole rings is 1. The van der Waals surface area contributed by atoms with Crippen LogP contribution in [0.1, 0.15) is 22.9 Å². The first-order valence-corrected chi connectivity index (χ1v) is 9.72. The van der Waals surface area contributed by atoms with Crippen molar-refractivity contribution in [1.29, 1.82) is 0 Å². The van der Waals surface area contributed by atoms with Gasteiger partial charge >= 0.3 is 12.4 Å². The number of ether oxygens (including phenoxy) is 1. The molecule has 9 nitrogen and oxygen atoms in total. The fourth-order valence-corrected chi connectivity index (χ4v) is 3.58. The minimum atomic E-state index is -4.98. The highest BCUT2D eigenvalue weighted by atomic mass is 19.4. The molecule has 1 unspecified atom stereocenters. The van der Waals surface area contributed by atoms with Gasteiger partial charge in [0.15, 0.2) is 23.2 Å². The van der Waals surface area contributed by atoms with Gasteiger partial charge in [-0.1, -0.05) is 0 Å². The van der Waals surface area contributed by atoms with Crippen molar-refractivity contribution in [2.75, 3.05) is 11.9 Å². The first-order valence-electron chi connectivity index (χ1n) is 9.72. The predicted octanol–water partition coefficient (Wildman–Crippen LogP) is 2.09. The summed E-state index contributed by atoms with van der Waals surface area (Å²) in [6, 6.07) is 1.23. The normalized spacial score (nSPS) is 23.6. The second-order valence-electron chi connectivity index (χ2n) is 7.54. The highest BCUT2D eigenvalue weighted by molar-refractivity contribution is 5.82. The maximum Gasteiger partial charge on any atom is 0.416 e. The van der Waals surface area contributed by atoms with Gasteiger partial charge in [-0.25, -0.2) is 15.0 Å². The van der Waals surface area contributed by atoms with Crippen molar-refractivity contribution in [1.82, 2.24) is 19.5 Å². The van der Waals surface area contributed by atoms with Gasteiger partial charge < -0.3 is 25.4 Å². The first-order chi connectivity index (χ1) is 15.9. The summed E-state index contributed by atoms with van der Waals surface area (Å²) in [4.78, 5) is 12.0. The lowest BCUT2D eigenvalue weighted by Crippen LogP contribution is -2.33. The quantitative estimate of drug-likeness (QED) is 0.399. The van der Waals surface area contributed by atoms with E-state index in [-0.39, 0.29) is 28.6 Å². The van der Waals surface area contributed by atoms with Gasteiger partial charge in [-0.05, 0) is 23.8 Å². The fraction of sp³-hybridized carbons (Fsp3) is 0.421. The Bertz CT molecular complexity index is 1150. The number of rotatable bonds is 5. The molecular weight excluding hydrogens is 476 g/mol. The Morgan fingerprint density at radius 3 is 2.15 bits per heavy atom. The molecule has 34 heavy (non-hydrogen) atoms. The number of hydrogen-bond donors (Lipinski definition) is 4. The Kier molecular flexibility index (Phi) is 6.14. The number of benzene rings is 1. The average Bonchev–Trinajstić information content (AvgIpc) is 3.32. The van der Waals surface area contributed by atoms with Crippen molar-refractivity contribution >= 4 is 17.0 Å². The van der Waals surface area contributed by atoms with Crippen LogP contribution in [-0.4, -0.2) is 59.8 Å². The van der Waals surface area contributed by atoms with E-state index >= 15 is 0 Å². The molecule has 3 aromatic rings. The number of nitrogens with one attached hydrogen (secondary N) is 1. The zero-order chi connectivity index (χ0) is 24.8. The molecule has 1 fully saturated rings. The van der Waals surface area contributed by atoms with Crippen molar-refractivity contribution in [2.24, 2.45) is 0 Å². The van der Waals surface area contributed by atoms with Gasteiger partial charge in [0.05, 0.1) is 24.1 Å². The van der Waals surface area contributed by atoms with Crippen LogP contribution in [0.25, 0.3) is 11.2 Å². The highest BCUT2D eigenvalue weighted by Gasteiger charge is 2.44. The number of hydrogen-bond acceptors (Lipinski definition) is 8. The number of halogens is 6. The van der Waals surface area contributed by atoms with Crippen molar-refractivity contribution < 1.29 is 46.4 Å². The Hall–Kier alpha value is -3.01. The van der Waals surface area contributed by atoms with Crippen LogP contribution < -0.4 is 5.32 Å². The van der Waals surface area contributed by atoms with E-state index in [1.807, 2.05) is 0 Å². The van der Waals surface area contributed by atoms with Crippen LogP contribution >= 0.6 is 0 Å². The maximum absolute atomic E-state index is 13.1. The van der Waals surface area contributed by atoms with Crippen molar-refractivity contribution in [3.8, 4) is 0 Å². The number of aliphatic hydroxyl groups is 3. The molecule has 4 N–H and O–H groups in total. The summed E-state index contributed by atoms with van der Waals surface area (Å²) in [5.41, 5.74) is -2.99. The summed E-state index contributed by atoms with van der Waals surface area (Å²) in [6.45, 7) is -1.00. The van der Waals surface area contributed by atoms with Crippen molar-refractivity contribution in [2.45, 2.75) is 43.4 Å². The summed E-state index contributed by atoms with van der Waals surface area (Å²) in [6.07, 6.45) is -12.7. The molecule has 1 aromatic carbocycles. The number of alkyl halides is 6. The second kappa shape index (κ2) is 8.65. The molecule has 0 aliphatic carbocycles. The Morgan fingerprint density at radius 1 is 0.941 bits per heavy atom. The highest BCUT2D eigenvalue weighted by Crippen LogP contribution is 2.37. The van der Waals surface area contributed by atoms with Crippen LogP contribution in [0.2, 0.25) is 0 Å². The van der Waals surface area contributed by atoms with Gasteiger partial charge in [0, 0.05) is 6.54 Å². The van der Waals surface area contributed by atoms with Gasteiger partial charge in [0.1, 0.15) is 24.6 Å². The lowest BCUT2D eigenvalue weighted by Gasteiger charge is -2.16. The standard InChI is InChI=1S/C19H17F6N5O4/c20-18(21,22)9-1-8(2-10(3-9)19(23,24)25)4-26-15-12-16(28-6-27-15)30(7-29-12)17-14(33)13(32)11(5-31)34-17/h1-3,6-7,11,13-14,17,31-33H,4-5H2,(H,26,27,28)/t11-,13-,14+,17?/m1/s1. The van der Waals surface area contributed by atoms with Crippen LogP contribution in [-0.2, 0) is 23.6 Å². The molecule has 3 heterocycles. The Balaban J connectivity index is 1.62. The molecule has 4 rings (SSSR count). The fourth-order valence-electron chi connectivity index (χ4n) is 3.58. The van der Waals surface area contributed by atoms with Gasteiger partial charge in [0.2, 0.25) is 0 Å². The molecule has 4 atom stereocenters. The van der Waals surface area contributed by atoms with Gasteiger partial charge in [-0.15, -0.1) is 0 Å². The van der Waals surface area contributed by atoms with Crippen LogP contribution in [0.3, 0.4) is 0 Å². The molecule has 0 radical (unpaired) electrons. The van der Waals surface area contributed by atoms with E-state index in [1.165, 1.54) is 10.9 Å². The number of fused-ring (bicyclic) bond motifs is 1. The molecule has 1 saturated heterocycles. The smallest absolute Gasteiger partial charge is 0.394 e. The SMILES string of the molecule is OC[C@H]1OC(n2cnc3c(NCc4cc(C(F)(F)F)cc(C(F)(F)F)c4)ncnc32)[C@@H](O)[C@@H]1O. The summed E-state index contributed by atoms with van der Waals surface area (Å²) < 4.78 is 85.2. The third kappa shape index (κ3) is 4.51.